The van der Waals surface area contributed by atoms with Crippen molar-refractivity contribution in [2.75, 3.05) is 0 Å². The maximum absolute atomic E-state index is 11.0. The van der Waals surface area contributed by atoms with Crippen molar-refractivity contribution < 1.29 is 0 Å². The SMILES string of the molecule is N#Cc1c(-c2ccccc2)cc(-c2ccc3sc4ccccc4c3c2)c(-c2ccccc2)c1-c1ccc2sc3ccccc3c2c1. The Hall–Kier alpha value is -5.53. The van der Waals surface area contributed by atoms with Crippen LogP contribution in [0.25, 0.3) is 84.9 Å². The van der Waals surface area contributed by atoms with Crippen molar-refractivity contribution in [1.82, 2.24) is 0 Å². The molecule has 0 aliphatic rings. The Kier molecular flexibility index (Phi) is 6.31. The van der Waals surface area contributed by atoms with Gasteiger partial charge in [0.2, 0.25) is 0 Å². The molecule has 9 rings (SSSR count). The summed E-state index contributed by atoms with van der Waals surface area (Å²) in [5.41, 5.74) is 9.11. The molecular formula is C43H25NS2. The van der Waals surface area contributed by atoms with Gasteiger partial charge in [0, 0.05) is 51.5 Å². The molecule has 0 radical (unpaired) electrons. The number of nitriles is 1. The van der Waals surface area contributed by atoms with Crippen LogP contribution in [0.2, 0.25) is 0 Å². The molecule has 2 heterocycles. The van der Waals surface area contributed by atoms with Gasteiger partial charge in [0.25, 0.3) is 0 Å². The third-order valence-corrected chi connectivity index (χ3v) is 11.2. The molecule has 0 aliphatic carbocycles. The lowest BCUT2D eigenvalue weighted by atomic mass is 9.81. The molecular weight excluding hydrogens is 595 g/mol. The zero-order valence-corrected chi connectivity index (χ0v) is 26.3. The number of hydrogen-bond acceptors (Lipinski definition) is 3. The van der Waals surface area contributed by atoms with Crippen molar-refractivity contribution in [2.24, 2.45) is 0 Å². The van der Waals surface area contributed by atoms with E-state index in [1.54, 1.807) is 0 Å². The van der Waals surface area contributed by atoms with Crippen LogP contribution in [0, 0.1) is 11.3 Å². The van der Waals surface area contributed by atoms with Gasteiger partial charge in [-0.3, -0.25) is 0 Å². The van der Waals surface area contributed by atoms with E-state index < -0.39 is 0 Å². The number of nitrogens with zero attached hydrogens (tertiary/aromatic N) is 1. The smallest absolute Gasteiger partial charge is 0.100 e. The molecule has 1 nitrogen and oxygen atoms in total. The Labute approximate surface area is 274 Å². The second-order valence-corrected chi connectivity index (χ2v) is 13.7. The molecule has 0 unspecified atom stereocenters. The lowest BCUT2D eigenvalue weighted by molar-refractivity contribution is 1.47. The Morgan fingerprint density at radius 1 is 0.370 bits per heavy atom. The molecule has 0 saturated carbocycles. The van der Waals surface area contributed by atoms with Gasteiger partial charge in [0.15, 0.2) is 0 Å². The summed E-state index contributed by atoms with van der Waals surface area (Å²) in [5, 5.41) is 16.0. The molecule has 0 atom stereocenters. The number of thiophene rings is 2. The minimum atomic E-state index is 0.690. The van der Waals surface area contributed by atoms with Crippen LogP contribution in [0.1, 0.15) is 5.56 Å². The predicted octanol–water partition coefficient (Wildman–Crippen LogP) is 13.0. The third-order valence-electron chi connectivity index (χ3n) is 8.94. The molecule has 0 fully saturated rings. The lowest BCUT2D eigenvalue weighted by Crippen LogP contribution is -1.98. The monoisotopic (exact) mass is 619 g/mol. The largest absolute Gasteiger partial charge is 0.192 e. The van der Waals surface area contributed by atoms with Crippen LogP contribution in [0.15, 0.2) is 152 Å². The van der Waals surface area contributed by atoms with Gasteiger partial charge in [-0.15, -0.1) is 22.7 Å². The minimum Gasteiger partial charge on any atom is -0.192 e. The Morgan fingerprint density at radius 3 is 1.48 bits per heavy atom. The molecule has 0 N–H and O–H groups in total. The summed E-state index contributed by atoms with van der Waals surface area (Å²) in [6, 6.07) is 56.7. The van der Waals surface area contributed by atoms with Gasteiger partial charge in [0.05, 0.1) is 5.56 Å². The van der Waals surface area contributed by atoms with Crippen LogP contribution in [-0.2, 0) is 0 Å². The van der Waals surface area contributed by atoms with E-state index in [9.17, 15) is 5.26 Å². The fourth-order valence-corrected chi connectivity index (χ4v) is 9.01. The third kappa shape index (κ3) is 4.27. The van der Waals surface area contributed by atoms with Gasteiger partial charge in [-0.2, -0.15) is 5.26 Å². The number of benzene rings is 7. The predicted molar refractivity (Wildman–Crippen MR) is 199 cm³/mol. The summed E-state index contributed by atoms with van der Waals surface area (Å²) in [7, 11) is 0. The molecule has 0 saturated heterocycles. The second-order valence-electron chi connectivity index (χ2n) is 11.6. The van der Waals surface area contributed by atoms with E-state index in [4.69, 9.17) is 0 Å². The van der Waals surface area contributed by atoms with Crippen LogP contribution in [0.4, 0.5) is 0 Å². The average molecular weight is 620 g/mol. The highest BCUT2D eigenvalue weighted by molar-refractivity contribution is 7.26. The zero-order valence-electron chi connectivity index (χ0n) is 24.7. The summed E-state index contributed by atoms with van der Waals surface area (Å²) in [4.78, 5) is 0. The first-order valence-electron chi connectivity index (χ1n) is 15.3. The van der Waals surface area contributed by atoms with Gasteiger partial charge in [-0.05, 0) is 75.8 Å². The maximum Gasteiger partial charge on any atom is 0.100 e. The summed E-state index contributed by atoms with van der Waals surface area (Å²) < 4.78 is 5.09. The first kappa shape index (κ1) is 26.8. The summed E-state index contributed by atoms with van der Waals surface area (Å²) in [6.45, 7) is 0. The number of hydrogen-bond donors (Lipinski definition) is 0. The van der Waals surface area contributed by atoms with Crippen molar-refractivity contribution in [3.05, 3.63) is 157 Å². The van der Waals surface area contributed by atoms with E-state index in [0.717, 1.165) is 44.5 Å². The van der Waals surface area contributed by atoms with E-state index in [1.807, 2.05) is 40.9 Å². The van der Waals surface area contributed by atoms with Crippen molar-refractivity contribution >= 4 is 63.0 Å². The average Bonchev–Trinajstić information content (AvgIpc) is 3.69. The van der Waals surface area contributed by atoms with Gasteiger partial charge >= 0.3 is 0 Å². The molecule has 0 amide bonds. The van der Waals surface area contributed by atoms with E-state index in [2.05, 4.69) is 140 Å². The lowest BCUT2D eigenvalue weighted by Gasteiger charge is -2.21. The molecule has 0 bridgehead atoms. The highest BCUT2D eigenvalue weighted by Crippen LogP contribution is 2.48. The molecule has 7 aromatic carbocycles. The van der Waals surface area contributed by atoms with Gasteiger partial charge < -0.3 is 0 Å². The highest BCUT2D eigenvalue weighted by atomic mass is 32.1. The second kappa shape index (κ2) is 10.8. The van der Waals surface area contributed by atoms with Crippen molar-refractivity contribution in [1.29, 1.82) is 5.26 Å². The van der Waals surface area contributed by atoms with Crippen LogP contribution in [0.3, 0.4) is 0 Å². The zero-order chi connectivity index (χ0) is 30.6. The molecule has 9 aromatic rings. The topological polar surface area (TPSA) is 23.8 Å². The summed E-state index contributed by atoms with van der Waals surface area (Å²) >= 11 is 3.65. The number of fused-ring (bicyclic) bond motifs is 6. The molecule has 0 aliphatic heterocycles. The Morgan fingerprint density at radius 2 is 0.870 bits per heavy atom. The van der Waals surface area contributed by atoms with Crippen LogP contribution < -0.4 is 0 Å². The van der Waals surface area contributed by atoms with Crippen molar-refractivity contribution in [2.45, 2.75) is 0 Å². The fraction of sp³-hybridized carbons (Fsp3) is 0. The van der Waals surface area contributed by atoms with Gasteiger partial charge in [-0.25, -0.2) is 0 Å². The van der Waals surface area contributed by atoms with Gasteiger partial charge in [-0.1, -0.05) is 109 Å². The van der Waals surface area contributed by atoms with Gasteiger partial charge in [0.1, 0.15) is 6.07 Å². The molecule has 3 heteroatoms. The van der Waals surface area contributed by atoms with E-state index in [-0.39, 0.29) is 0 Å². The van der Waals surface area contributed by atoms with E-state index in [0.29, 0.717) is 5.56 Å². The normalized spacial score (nSPS) is 11.5. The van der Waals surface area contributed by atoms with Crippen LogP contribution in [0.5, 0.6) is 0 Å². The molecule has 0 spiro atoms. The summed E-state index contributed by atoms with van der Waals surface area (Å²) in [5.74, 6) is 0. The van der Waals surface area contributed by atoms with Crippen molar-refractivity contribution in [3.63, 3.8) is 0 Å². The van der Waals surface area contributed by atoms with Crippen LogP contribution in [-0.4, -0.2) is 0 Å². The van der Waals surface area contributed by atoms with E-state index in [1.165, 1.54) is 40.3 Å². The summed E-state index contributed by atoms with van der Waals surface area (Å²) in [6.07, 6.45) is 0. The Bertz CT molecular complexity index is 2640. The Balaban J connectivity index is 1.43. The molecule has 214 valence electrons. The quantitative estimate of drug-likeness (QED) is 0.192. The van der Waals surface area contributed by atoms with Crippen molar-refractivity contribution in [3.8, 4) is 50.6 Å². The molecule has 2 aromatic heterocycles. The highest BCUT2D eigenvalue weighted by Gasteiger charge is 2.23. The van der Waals surface area contributed by atoms with Crippen LogP contribution >= 0.6 is 22.7 Å². The minimum absolute atomic E-state index is 0.690. The first-order chi connectivity index (χ1) is 22.8. The maximum atomic E-state index is 11.0. The molecule has 46 heavy (non-hydrogen) atoms. The number of rotatable bonds is 4. The first-order valence-corrected chi connectivity index (χ1v) is 17.0. The standard InChI is InChI=1S/C43H25NS2/c44-26-37-33(27-11-3-1-4-12-27)25-34(29-19-21-40-35(23-29)31-15-7-9-17-38(31)45-40)42(28-13-5-2-6-14-28)43(37)30-20-22-41-36(24-30)32-16-8-10-18-39(32)46-41/h1-25H. The van der Waals surface area contributed by atoms with E-state index >= 15 is 0 Å². The fourth-order valence-electron chi connectivity index (χ4n) is 6.84.